The van der Waals surface area contributed by atoms with E-state index in [-0.39, 0.29) is 5.41 Å². The quantitative estimate of drug-likeness (QED) is 0.681. The number of hydrogen-bond acceptors (Lipinski definition) is 2. The number of benzene rings is 1. The number of rotatable bonds is 1. The molecule has 0 fully saturated rings. The molecular weight excluding hydrogens is 344 g/mol. The van der Waals surface area contributed by atoms with Crippen molar-refractivity contribution in [3.63, 3.8) is 0 Å². The molecule has 1 heterocycles. The molecule has 0 atom stereocenters. The van der Waals surface area contributed by atoms with Gasteiger partial charge in [-0.3, -0.25) is 0 Å². The smallest absolute Gasteiger partial charge is 0.144 e. The summed E-state index contributed by atoms with van der Waals surface area (Å²) in [7, 11) is 0. The summed E-state index contributed by atoms with van der Waals surface area (Å²) in [6, 6.07) is 7.59. The van der Waals surface area contributed by atoms with Gasteiger partial charge in [0.2, 0.25) is 0 Å². The lowest BCUT2D eigenvalue weighted by atomic mass is 9.92. The monoisotopic (exact) mass is 356 g/mol. The Morgan fingerprint density at radius 1 is 1.26 bits per heavy atom. The van der Waals surface area contributed by atoms with Gasteiger partial charge < -0.3 is 4.98 Å². The fourth-order valence-corrected chi connectivity index (χ4v) is 2.96. The zero-order chi connectivity index (χ0) is 14.2. The molecule has 2 nitrogen and oxygen atoms in total. The summed E-state index contributed by atoms with van der Waals surface area (Å²) in [5.41, 5.74) is 1.81. The minimum atomic E-state index is -0.0641. The number of aromatic amines is 1. The van der Waals surface area contributed by atoms with Crippen LogP contribution in [0.25, 0.3) is 11.4 Å². The zero-order valence-electron chi connectivity index (χ0n) is 10.9. The molecule has 1 aromatic heterocycles. The highest BCUT2D eigenvalue weighted by molar-refractivity contribution is 9.10. The Morgan fingerprint density at radius 3 is 2.47 bits per heavy atom. The number of halogens is 2. The second kappa shape index (κ2) is 5.35. The van der Waals surface area contributed by atoms with Gasteiger partial charge in [0.15, 0.2) is 0 Å². The lowest BCUT2D eigenvalue weighted by molar-refractivity contribution is 0.563. The number of H-pyrrole nitrogens is 1. The van der Waals surface area contributed by atoms with Crippen molar-refractivity contribution in [1.29, 1.82) is 0 Å². The van der Waals surface area contributed by atoms with Crippen LogP contribution in [0.1, 0.15) is 26.5 Å². The topological polar surface area (TPSA) is 28.7 Å². The fourth-order valence-electron chi connectivity index (χ4n) is 1.76. The Morgan fingerprint density at radius 2 is 1.89 bits per heavy atom. The number of nitrogens with zero attached hydrogens (tertiary/aromatic N) is 1. The highest BCUT2D eigenvalue weighted by Gasteiger charge is 2.20. The van der Waals surface area contributed by atoms with Crippen molar-refractivity contribution in [2.75, 3.05) is 0 Å². The summed E-state index contributed by atoms with van der Waals surface area (Å²) in [6.45, 7) is 6.36. The maximum absolute atomic E-state index is 6.21. The van der Waals surface area contributed by atoms with Crippen LogP contribution >= 0.6 is 39.7 Å². The molecule has 0 radical (unpaired) electrons. The molecule has 1 N–H and O–H groups in total. The van der Waals surface area contributed by atoms with Crippen molar-refractivity contribution in [2.45, 2.75) is 26.2 Å². The highest BCUT2D eigenvalue weighted by Crippen LogP contribution is 2.32. The van der Waals surface area contributed by atoms with Crippen molar-refractivity contribution in [2.24, 2.45) is 0 Å². The molecule has 0 amide bonds. The normalized spacial score (nSPS) is 11.6. The second-order valence-electron chi connectivity index (χ2n) is 5.31. The number of aromatic nitrogens is 2. The van der Waals surface area contributed by atoms with Crippen LogP contribution < -0.4 is 0 Å². The molecule has 0 saturated carbocycles. The average molecular weight is 358 g/mol. The van der Waals surface area contributed by atoms with Crippen molar-refractivity contribution >= 4 is 39.7 Å². The highest BCUT2D eigenvalue weighted by atomic mass is 79.9. The summed E-state index contributed by atoms with van der Waals surface area (Å²) < 4.78 is 1.38. The minimum Gasteiger partial charge on any atom is -0.342 e. The molecule has 0 spiro atoms. The third kappa shape index (κ3) is 3.07. The molecule has 100 valence electrons. The van der Waals surface area contributed by atoms with Crippen molar-refractivity contribution in [3.8, 4) is 11.4 Å². The Balaban J connectivity index is 2.71. The summed E-state index contributed by atoms with van der Waals surface area (Å²) in [5, 5.41) is 0.655. The molecule has 0 unspecified atom stereocenters. The summed E-state index contributed by atoms with van der Waals surface area (Å²) in [4.78, 5) is 7.75. The third-order valence-corrected chi connectivity index (χ3v) is 4.40. The van der Waals surface area contributed by atoms with Crippen LogP contribution in [0.15, 0.2) is 28.7 Å². The fraction of sp³-hybridized carbons (Fsp3) is 0.286. The molecule has 2 aromatic rings. The van der Waals surface area contributed by atoms with E-state index in [1.807, 2.05) is 24.3 Å². The van der Waals surface area contributed by atoms with E-state index >= 15 is 0 Å². The lowest BCUT2D eigenvalue weighted by Crippen LogP contribution is -2.16. The van der Waals surface area contributed by atoms with Crippen LogP contribution in [0.4, 0.5) is 0 Å². The summed E-state index contributed by atoms with van der Waals surface area (Å²) in [5.74, 6) is 0.698. The first-order valence-corrected chi connectivity index (χ1v) is 7.44. The Bertz CT molecular complexity index is 674. The Labute approximate surface area is 131 Å². The van der Waals surface area contributed by atoms with Crippen LogP contribution in [0.2, 0.25) is 5.02 Å². The van der Waals surface area contributed by atoms with E-state index in [2.05, 4.69) is 46.7 Å². The van der Waals surface area contributed by atoms with Gasteiger partial charge in [-0.25, -0.2) is 4.98 Å². The maximum Gasteiger partial charge on any atom is 0.144 e. The van der Waals surface area contributed by atoms with Crippen LogP contribution in [-0.2, 0) is 5.41 Å². The van der Waals surface area contributed by atoms with Crippen LogP contribution in [0.5, 0.6) is 0 Å². The molecule has 0 aliphatic rings. The SMILES string of the molecule is CC(C)(C)c1[nH]c(-c2ccccc2Cl)nc(=S)c1Br. The van der Waals surface area contributed by atoms with Gasteiger partial charge in [-0.15, -0.1) is 0 Å². The molecule has 0 aliphatic carbocycles. The molecule has 0 bridgehead atoms. The first-order valence-electron chi connectivity index (χ1n) is 5.86. The van der Waals surface area contributed by atoms with E-state index in [9.17, 15) is 0 Å². The van der Waals surface area contributed by atoms with E-state index in [0.29, 0.717) is 15.5 Å². The van der Waals surface area contributed by atoms with Crippen molar-refractivity contribution in [1.82, 2.24) is 9.97 Å². The molecule has 1 aromatic carbocycles. The van der Waals surface area contributed by atoms with Gasteiger partial charge in [0.25, 0.3) is 0 Å². The molecule has 5 heteroatoms. The molecule has 0 saturated heterocycles. The van der Waals surface area contributed by atoms with Gasteiger partial charge in [-0.2, -0.15) is 0 Å². The zero-order valence-corrected chi connectivity index (χ0v) is 14.1. The predicted octanol–water partition coefficient (Wildman–Crippen LogP) is 5.52. The minimum absolute atomic E-state index is 0.0641. The predicted molar refractivity (Wildman–Crippen MR) is 86.3 cm³/mol. The summed E-state index contributed by atoms with van der Waals surface area (Å²) >= 11 is 15.0. The van der Waals surface area contributed by atoms with Gasteiger partial charge in [0.1, 0.15) is 10.5 Å². The maximum atomic E-state index is 6.21. The van der Waals surface area contributed by atoms with E-state index in [1.165, 1.54) is 0 Å². The van der Waals surface area contributed by atoms with Crippen LogP contribution in [0, 0.1) is 4.64 Å². The average Bonchev–Trinajstić information content (AvgIpc) is 2.31. The van der Waals surface area contributed by atoms with E-state index in [0.717, 1.165) is 15.7 Å². The number of hydrogen-bond donors (Lipinski definition) is 1. The van der Waals surface area contributed by atoms with E-state index in [4.69, 9.17) is 23.8 Å². The first kappa shape index (κ1) is 14.7. The van der Waals surface area contributed by atoms with E-state index < -0.39 is 0 Å². The molecule has 2 rings (SSSR count). The van der Waals surface area contributed by atoms with Crippen molar-refractivity contribution < 1.29 is 0 Å². The van der Waals surface area contributed by atoms with Gasteiger partial charge in [-0.1, -0.05) is 56.7 Å². The van der Waals surface area contributed by atoms with E-state index in [1.54, 1.807) is 0 Å². The van der Waals surface area contributed by atoms with Crippen LogP contribution in [-0.4, -0.2) is 9.97 Å². The molecule has 0 aliphatic heterocycles. The van der Waals surface area contributed by atoms with Gasteiger partial charge >= 0.3 is 0 Å². The van der Waals surface area contributed by atoms with Gasteiger partial charge in [0.05, 0.1) is 9.50 Å². The third-order valence-electron chi connectivity index (χ3n) is 2.74. The first-order chi connectivity index (χ1) is 8.80. The standard InChI is InChI=1S/C14H14BrClN2S/c1-14(2,3)11-10(15)13(19)18-12(17-11)8-6-4-5-7-9(8)16/h4-7H,1-3H3,(H,17,18,19). The summed E-state index contributed by atoms with van der Waals surface area (Å²) in [6.07, 6.45) is 0. The van der Waals surface area contributed by atoms with Gasteiger partial charge in [0, 0.05) is 16.7 Å². The Hall–Kier alpha value is -0.710. The van der Waals surface area contributed by atoms with Gasteiger partial charge in [-0.05, 0) is 28.1 Å². The largest absolute Gasteiger partial charge is 0.342 e. The van der Waals surface area contributed by atoms with Crippen molar-refractivity contribution in [3.05, 3.63) is 44.1 Å². The second-order valence-corrected chi connectivity index (χ2v) is 6.90. The number of nitrogens with one attached hydrogen (secondary N) is 1. The van der Waals surface area contributed by atoms with Crippen LogP contribution in [0.3, 0.4) is 0 Å². The Kier molecular flexibility index (Phi) is 4.14. The molecule has 19 heavy (non-hydrogen) atoms. The lowest BCUT2D eigenvalue weighted by Gasteiger charge is -2.21. The molecular formula is C14H14BrClN2S.